The topological polar surface area (TPSA) is 38.9 Å². The standard InChI is InChI=1S/C16H13ClN2S/c1-10-9-12(17)7-8-13(10)14-15(18)20-16(19-14)11-5-3-2-4-6-11/h2-9H,18H2,1H3. The molecule has 0 spiro atoms. The van der Waals surface area contributed by atoms with Crippen molar-refractivity contribution < 1.29 is 0 Å². The number of rotatable bonds is 2. The van der Waals surface area contributed by atoms with Gasteiger partial charge in [-0.1, -0.05) is 59.3 Å². The summed E-state index contributed by atoms with van der Waals surface area (Å²) >= 11 is 7.51. The summed E-state index contributed by atoms with van der Waals surface area (Å²) in [5.74, 6) is 0. The molecule has 0 radical (unpaired) electrons. The van der Waals surface area contributed by atoms with Gasteiger partial charge in [0.25, 0.3) is 0 Å². The molecule has 4 heteroatoms. The molecule has 2 N–H and O–H groups in total. The highest BCUT2D eigenvalue weighted by Gasteiger charge is 2.13. The molecule has 0 unspecified atom stereocenters. The lowest BCUT2D eigenvalue weighted by Crippen LogP contribution is -1.89. The number of nitrogens with zero attached hydrogens (tertiary/aromatic N) is 1. The summed E-state index contributed by atoms with van der Waals surface area (Å²) in [6, 6.07) is 15.8. The Balaban J connectivity index is 2.10. The van der Waals surface area contributed by atoms with Gasteiger partial charge in [0.1, 0.15) is 15.7 Å². The number of aromatic nitrogens is 1. The highest BCUT2D eigenvalue weighted by atomic mass is 35.5. The van der Waals surface area contributed by atoms with Crippen LogP contribution < -0.4 is 5.73 Å². The first kappa shape index (κ1) is 13.2. The second-order valence-electron chi connectivity index (χ2n) is 4.56. The number of nitrogen functional groups attached to an aromatic ring is 1. The fourth-order valence-electron chi connectivity index (χ4n) is 2.12. The van der Waals surface area contributed by atoms with Gasteiger partial charge in [0.2, 0.25) is 0 Å². The van der Waals surface area contributed by atoms with Gasteiger partial charge in [-0.3, -0.25) is 0 Å². The summed E-state index contributed by atoms with van der Waals surface area (Å²) in [5, 5.41) is 2.39. The third kappa shape index (κ3) is 2.42. The molecule has 2 nitrogen and oxygen atoms in total. The van der Waals surface area contributed by atoms with Crippen LogP contribution in [0.4, 0.5) is 5.00 Å². The fraction of sp³-hybridized carbons (Fsp3) is 0.0625. The normalized spacial score (nSPS) is 10.7. The molecular weight excluding hydrogens is 288 g/mol. The van der Waals surface area contributed by atoms with Crippen LogP contribution in [0.25, 0.3) is 21.8 Å². The van der Waals surface area contributed by atoms with Gasteiger partial charge in [-0.15, -0.1) is 0 Å². The largest absolute Gasteiger partial charge is 0.389 e. The Morgan fingerprint density at radius 2 is 1.85 bits per heavy atom. The maximum absolute atomic E-state index is 6.14. The van der Waals surface area contributed by atoms with E-state index in [-0.39, 0.29) is 0 Å². The Bertz CT molecular complexity index is 750. The van der Waals surface area contributed by atoms with Crippen molar-refractivity contribution in [3.63, 3.8) is 0 Å². The molecule has 0 saturated carbocycles. The van der Waals surface area contributed by atoms with Gasteiger partial charge in [-0.25, -0.2) is 4.98 Å². The van der Waals surface area contributed by atoms with Crippen molar-refractivity contribution in [3.05, 3.63) is 59.1 Å². The molecule has 0 saturated heterocycles. The van der Waals surface area contributed by atoms with E-state index in [4.69, 9.17) is 22.3 Å². The number of aryl methyl sites for hydroxylation is 1. The average molecular weight is 301 g/mol. The van der Waals surface area contributed by atoms with Crippen LogP contribution >= 0.6 is 22.9 Å². The fourth-order valence-corrected chi connectivity index (χ4v) is 3.20. The Labute approximate surface area is 126 Å². The van der Waals surface area contributed by atoms with Crippen molar-refractivity contribution in [1.82, 2.24) is 4.98 Å². The van der Waals surface area contributed by atoms with Gasteiger partial charge in [-0.05, 0) is 24.6 Å². The summed E-state index contributed by atoms with van der Waals surface area (Å²) in [4.78, 5) is 4.69. The third-order valence-electron chi connectivity index (χ3n) is 3.12. The number of halogens is 1. The van der Waals surface area contributed by atoms with Gasteiger partial charge in [-0.2, -0.15) is 0 Å². The highest BCUT2D eigenvalue weighted by molar-refractivity contribution is 7.19. The summed E-state index contributed by atoms with van der Waals surface area (Å²) in [6.07, 6.45) is 0. The Morgan fingerprint density at radius 3 is 2.55 bits per heavy atom. The van der Waals surface area contributed by atoms with E-state index in [0.717, 1.165) is 37.4 Å². The lowest BCUT2D eigenvalue weighted by Gasteiger charge is -2.04. The Hall–Kier alpha value is -1.84. The number of hydrogen-bond acceptors (Lipinski definition) is 3. The molecule has 2 aromatic carbocycles. The smallest absolute Gasteiger partial charge is 0.126 e. The molecule has 0 aliphatic heterocycles. The number of anilines is 1. The zero-order valence-corrected chi connectivity index (χ0v) is 12.5. The van der Waals surface area contributed by atoms with Crippen LogP contribution in [0.2, 0.25) is 5.02 Å². The van der Waals surface area contributed by atoms with Crippen LogP contribution in [0.15, 0.2) is 48.5 Å². The molecule has 20 heavy (non-hydrogen) atoms. The molecule has 0 aliphatic carbocycles. The Morgan fingerprint density at radius 1 is 1.10 bits per heavy atom. The lowest BCUT2D eigenvalue weighted by molar-refractivity contribution is 1.37. The van der Waals surface area contributed by atoms with Gasteiger partial charge in [0.15, 0.2) is 0 Å². The van der Waals surface area contributed by atoms with Gasteiger partial charge < -0.3 is 5.73 Å². The van der Waals surface area contributed by atoms with Crippen molar-refractivity contribution in [2.75, 3.05) is 5.73 Å². The van der Waals surface area contributed by atoms with Crippen molar-refractivity contribution in [2.45, 2.75) is 6.92 Å². The molecule has 0 atom stereocenters. The van der Waals surface area contributed by atoms with Crippen molar-refractivity contribution in [1.29, 1.82) is 0 Å². The number of nitrogens with two attached hydrogens (primary N) is 1. The lowest BCUT2D eigenvalue weighted by atomic mass is 10.1. The quantitative estimate of drug-likeness (QED) is 0.721. The summed E-state index contributed by atoms with van der Waals surface area (Å²) in [7, 11) is 0. The molecule has 100 valence electrons. The molecule has 0 amide bonds. The van der Waals surface area contributed by atoms with E-state index in [1.807, 2.05) is 55.5 Å². The predicted octanol–water partition coefficient (Wildman–Crippen LogP) is 5.02. The number of benzene rings is 2. The van der Waals surface area contributed by atoms with E-state index in [1.165, 1.54) is 11.3 Å². The predicted molar refractivity (Wildman–Crippen MR) is 87.1 cm³/mol. The summed E-state index contributed by atoms with van der Waals surface area (Å²) < 4.78 is 0. The minimum absolute atomic E-state index is 0.725. The zero-order valence-electron chi connectivity index (χ0n) is 10.9. The highest BCUT2D eigenvalue weighted by Crippen LogP contribution is 2.37. The SMILES string of the molecule is Cc1cc(Cl)ccc1-c1nc(-c2ccccc2)sc1N. The van der Waals surface area contributed by atoms with Gasteiger partial charge in [0, 0.05) is 16.1 Å². The van der Waals surface area contributed by atoms with Crippen LogP contribution in [0.3, 0.4) is 0 Å². The molecule has 1 heterocycles. The van der Waals surface area contributed by atoms with Crippen molar-refractivity contribution in [3.8, 4) is 21.8 Å². The first-order chi connectivity index (χ1) is 9.65. The second-order valence-corrected chi connectivity index (χ2v) is 6.02. The maximum atomic E-state index is 6.14. The van der Waals surface area contributed by atoms with E-state index in [2.05, 4.69) is 0 Å². The number of hydrogen-bond donors (Lipinski definition) is 1. The monoisotopic (exact) mass is 300 g/mol. The third-order valence-corrected chi connectivity index (χ3v) is 4.29. The van der Waals surface area contributed by atoms with E-state index >= 15 is 0 Å². The molecule has 3 aromatic rings. The molecule has 1 aromatic heterocycles. The Kier molecular flexibility index (Phi) is 3.47. The van der Waals surface area contributed by atoms with E-state index in [0.29, 0.717) is 0 Å². The van der Waals surface area contributed by atoms with Crippen LogP contribution in [0.1, 0.15) is 5.56 Å². The molecular formula is C16H13ClN2S. The van der Waals surface area contributed by atoms with Crippen LogP contribution in [0, 0.1) is 6.92 Å². The summed E-state index contributed by atoms with van der Waals surface area (Å²) in [6.45, 7) is 2.02. The number of thiazole rings is 1. The average Bonchev–Trinajstić information content (AvgIpc) is 2.82. The molecule has 0 bridgehead atoms. The maximum Gasteiger partial charge on any atom is 0.126 e. The van der Waals surface area contributed by atoms with Crippen molar-refractivity contribution >= 4 is 27.9 Å². The molecule has 3 rings (SSSR count). The first-order valence-corrected chi connectivity index (χ1v) is 7.43. The van der Waals surface area contributed by atoms with E-state index < -0.39 is 0 Å². The van der Waals surface area contributed by atoms with Gasteiger partial charge >= 0.3 is 0 Å². The minimum atomic E-state index is 0.725. The zero-order chi connectivity index (χ0) is 14.1. The second kappa shape index (κ2) is 5.27. The van der Waals surface area contributed by atoms with Gasteiger partial charge in [0.05, 0.1) is 0 Å². The minimum Gasteiger partial charge on any atom is -0.389 e. The molecule has 0 aliphatic rings. The first-order valence-electron chi connectivity index (χ1n) is 6.23. The summed E-state index contributed by atoms with van der Waals surface area (Å²) in [5.41, 5.74) is 10.2. The molecule has 0 fully saturated rings. The van der Waals surface area contributed by atoms with Crippen molar-refractivity contribution in [2.24, 2.45) is 0 Å². The van der Waals surface area contributed by atoms with Crippen LogP contribution in [0.5, 0.6) is 0 Å². The van der Waals surface area contributed by atoms with Crippen LogP contribution in [-0.4, -0.2) is 4.98 Å². The van der Waals surface area contributed by atoms with E-state index in [1.54, 1.807) is 0 Å². The van der Waals surface area contributed by atoms with Crippen LogP contribution in [-0.2, 0) is 0 Å². The van der Waals surface area contributed by atoms with E-state index in [9.17, 15) is 0 Å².